The highest BCUT2D eigenvalue weighted by Gasteiger charge is 2.20. The van der Waals surface area contributed by atoms with E-state index < -0.39 is 7.60 Å². The normalized spacial score (nSPS) is 13.8. The van der Waals surface area contributed by atoms with E-state index in [0.717, 1.165) is 48.4 Å². The van der Waals surface area contributed by atoms with Gasteiger partial charge >= 0.3 is 7.60 Å². The van der Waals surface area contributed by atoms with E-state index in [1.165, 1.54) is 5.82 Å². The van der Waals surface area contributed by atoms with E-state index >= 15 is 0 Å². The molecule has 2 aromatic carbocycles. The minimum atomic E-state index is -3.41. The van der Waals surface area contributed by atoms with Gasteiger partial charge in [0.2, 0.25) is 5.88 Å². The van der Waals surface area contributed by atoms with Crippen molar-refractivity contribution < 1.29 is 32.6 Å². The topological polar surface area (TPSA) is 106 Å². The van der Waals surface area contributed by atoms with Gasteiger partial charge in [0.1, 0.15) is 13.2 Å². The van der Waals surface area contributed by atoms with Gasteiger partial charge in [-0.2, -0.15) is 0 Å². The molecule has 0 unspecified atom stereocenters. The summed E-state index contributed by atoms with van der Waals surface area (Å²) in [6, 6.07) is 15.3. The number of morpholine rings is 1. The van der Waals surface area contributed by atoms with Crippen molar-refractivity contribution in [3.05, 3.63) is 82.7 Å². The van der Waals surface area contributed by atoms with Crippen LogP contribution in [0.25, 0.3) is 11.8 Å². The van der Waals surface area contributed by atoms with Crippen molar-refractivity contribution in [3.63, 3.8) is 0 Å². The number of aromatic nitrogens is 3. The molecule has 1 fully saturated rings. The fraction of sp³-hybridized carbons (Fsp3) is 0.355. The molecule has 44 heavy (non-hydrogen) atoms. The van der Waals surface area contributed by atoms with Crippen molar-refractivity contribution in [2.24, 2.45) is 0 Å². The highest BCUT2D eigenvalue weighted by Crippen LogP contribution is 2.50. The molecule has 1 aliphatic heterocycles. The highest BCUT2D eigenvalue weighted by molar-refractivity contribution is 7.57. The number of hydrogen-bond acceptors (Lipinski definition) is 11. The molecule has 0 atom stereocenters. The zero-order valence-electron chi connectivity index (χ0n) is 25.1. The van der Waals surface area contributed by atoms with Crippen molar-refractivity contribution in [3.8, 4) is 23.1 Å². The lowest BCUT2D eigenvalue weighted by Crippen LogP contribution is -2.36. The molecule has 11 nitrogen and oxygen atoms in total. The van der Waals surface area contributed by atoms with E-state index in [0.29, 0.717) is 29.5 Å². The zero-order valence-corrected chi connectivity index (χ0v) is 26.8. The quantitative estimate of drug-likeness (QED) is 0.133. The van der Waals surface area contributed by atoms with E-state index in [4.69, 9.17) is 33.0 Å². The van der Waals surface area contributed by atoms with Gasteiger partial charge < -0.3 is 32.9 Å². The van der Waals surface area contributed by atoms with Crippen LogP contribution in [0.1, 0.15) is 30.7 Å². The molecule has 0 spiro atoms. The number of methoxy groups -OCH3 is 1. The summed E-state index contributed by atoms with van der Waals surface area (Å²) in [5.41, 5.74) is 3.20. The van der Waals surface area contributed by atoms with Crippen LogP contribution in [0, 0.1) is 0 Å². The average molecular weight is 641 g/mol. The molecule has 0 bridgehead atoms. The Morgan fingerprint density at radius 2 is 1.77 bits per heavy atom. The molecule has 0 amide bonds. The van der Waals surface area contributed by atoms with Crippen LogP contribution < -0.4 is 19.1 Å². The summed E-state index contributed by atoms with van der Waals surface area (Å²) in [5, 5.41) is 7.64. The largest absolute Gasteiger partial charge is 0.493 e. The molecule has 0 aliphatic carbocycles. The standard InChI is InChI=1S/C31H37N4O7PS/c1-4-41-43(36,42-5-2)18-13-25-20-35(27-9-7-6-8-10-27)33-30(25)40-21-24-11-12-28(29(19-24)37-3)39-22-26-23-44-31(32-26)34-14-16-38-17-15-34/h6-13,18-20,23H,4-5,14-17,21-22H2,1-3H3. The van der Waals surface area contributed by atoms with Gasteiger partial charge in [0.05, 0.1) is 50.5 Å². The Labute approximate surface area is 261 Å². The van der Waals surface area contributed by atoms with E-state index in [-0.39, 0.29) is 19.8 Å². The van der Waals surface area contributed by atoms with Crippen LogP contribution in [0.5, 0.6) is 17.4 Å². The van der Waals surface area contributed by atoms with Gasteiger partial charge in [-0.15, -0.1) is 16.4 Å². The van der Waals surface area contributed by atoms with Gasteiger partial charge in [-0.3, -0.25) is 4.57 Å². The molecule has 2 aromatic heterocycles. The maximum absolute atomic E-state index is 13.0. The number of para-hydroxylation sites is 1. The Kier molecular flexibility index (Phi) is 11.1. The Morgan fingerprint density at radius 3 is 2.50 bits per heavy atom. The Balaban J connectivity index is 1.28. The van der Waals surface area contributed by atoms with Crippen LogP contribution in [0.2, 0.25) is 0 Å². The van der Waals surface area contributed by atoms with Crippen molar-refractivity contribution >= 4 is 30.1 Å². The van der Waals surface area contributed by atoms with E-state index in [9.17, 15) is 4.57 Å². The minimum absolute atomic E-state index is 0.215. The maximum atomic E-state index is 13.0. The molecule has 1 aliphatic rings. The first kappa shape index (κ1) is 31.7. The lowest BCUT2D eigenvalue weighted by molar-refractivity contribution is 0.122. The minimum Gasteiger partial charge on any atom is -0.493 e. The molecule has 0 saturated carbocycles. The number of rotatable bonds is 15. The molecule has 0 N–H and O–H groups in total. The van der Waals surface area contributed by atoms with Crippen LogP contribution in [0.4, 0.5) is 5.13 Å². The summed E-state index contributed by atoms with van der Waals surface area (Å²) < 4.78 is 48.9. The van der Waals surface area contributed by atoms with Crippen molar-refractivity contribution in [2.75, 3.05) is 51.5 Å². The second-order valence-corrected chi connectivity index (χ2v) is 12.4. The summed E-state index contributed by atoms with van der Waals surface area (Å²) in [6.07, 6.45) is 3.47. The fourth-order valence-corrected chi connectivity index (χ4v) is 6.63. The number of ether oxygens (including phenoxy) is 4. The predicted octanol–water partition coefficient (Wildman–Crippen LogP) is 6.57. The predicted molar refractivity (Wildman–Crippen MR) is 170 cm³/mol. The molecule has 3 heterocycles. The highest BCUT2D eigenvalue weighted by atomic mass is 32.1. The zero-order chi connectivity index (χ0) is 30.8. The number of anilines is 1. The summed E-state index contributed by atoms with van der Waals surface area (Å²) in [4.78, 5) is 6.95. The number of benzene rings is 2. The maximum Gasteiger partial charge on any atom is 0.354 e. The third-order valence-corrected chi connectivity index (χ3v) is 9.28. The molecular formula is C31H37N4O7PS. The molecular weight excluding hydrogens is 603 g/mol. The van der Waals surface area contributed by atoms with Gasteiger partial charge in [0.25, 0.3) is 0 Å². The second-order valence-electron chi connectivity index (χ2n) is 9.64. The summed E-state index contributed by atoms with van der Waals surface area (Å²) in [7, 11) is -1.81. The van der Waals surface area contributed by atoms with Crippen molar-refractivity contribution in [1.82, 2.24) is 14.8 Å². The average Bonchev–Trinajstić information content (AvgIpc) is 3.70. The van der Waals surface area contributed by atoms with Crippen molar-refractivity contribution in [1.29, 1.82) is 0 Å². The van der Waals surface area contributed by atoms with Crippen LogP contribution in [0.15, 0.2) is 65.9 Å². The first-order valence-corrected chi connectivity index (χ1v) is 16.9. The van der Waals surface area contributed by atoms with Gasteiger partial charge in [0.15, 0.2) is 16.6 Å². The molecule has 0 radical (unpaired) electrons. The Morgan fingerprint density at radius 1 is 1.00 bits per heavy atom. The third-order valence-electron chi connectivity index (χ3n) is 6.58. The molecule has 4 aromatic rings. The SMILES string of the molecule is CCOP(=O)(C=Cc1cn(-c2ccccc2)nc1OCc1ccc(OCc2csc(N3CCOCC3)n2)c(OC)c1)OCC. The van der Waals surface area contributed by atoms with Gasteiger partial charge in [0, 0.05) is 30.5 Å². The fourth-order valence-electron chi connectivity index (χ4n) is 4.45. The number of thiazole rings is 1. The molecule has 234 valence electrons. The van der Waals surface area contributed by atoms with E-state index in [2.05, 4.69) is 10.00 Å². The second kappa shape index (κ2) is 15.4. The lowest BCUT2D eigenvalue weighted by Gasteiger charge is -2.26. The summed E-state index contributed by atoms with van der Waals surface area (Å²) in [5.74, 6) is 3.00. The monoisotopic (exact) mass is 640 g/mol. The molecule has 5 rings (SSSR count). The van der Waals surface area contributed by atoms with E-state index in [1.54, 1.807) is 43.1 Å². The Hall–Kier alpha value is -3.67. The van der Waals surface area contributed by atoms with Crippen LogP contribution >= 0.6 is 18.9 Å². The molecule has 13 heteroatoms. The number of hydrogen-bond donors (Lipinski definition) is 0. The smallest absolute Gasteiger partial charge is 0.354 e. The van der Waals surface area contributed by atoms with Crippen LogP contribution in [-0.4, -0.2) is 61.4 Å². The number of nitrogens with zero attached hydrogens (tertiary/aromatic N) is 4. The van der Waals surface area contributed by atoms with Crippen molar-refractivity contribution in [2.45, 2.75) is 27.1 Å². The van der Waals surface area contributed by atoms with Crippen LogP contribution in [0.3, 0.4) is 0 Å². The van der Waals surface area contributed by atoms with Gasteiger partial charge in [-0.1, -0.05) is 24.3 Å². The van der Waals surface area contributed by atoms with Gasteiger partial charge in [-0.05, 0) is 49.8 Å². The van der Waals surface area contributed by atoms with E-state index in [1.807, 2.05) is 60.1 Å². The summed E-state index contributed by atoms with van der Waals surface area (Å²) in [6.45, 7) is 7.73. The first-order valence-electron chi connectivity index (χ1n) is 14.4. The molecule has 1 saturated heterocycles. The van der Waals surface area contributed by atoms with Gasteiger partial charge in [-0.25, -0.2) is 9.67 Å². The third kappa shape index (κ3) is 8.28. The summed E-state index contributed by atoms with van der Waals surface area (Å²) >= 11 is 1.61. The first-order chi connectivity index (χ1) is 21.5. The Bertz CT molecular complexity index is 1560. The van der Waals surface area contributed by atoms with Crippen LogP contribution in [-0.2, 0) is 31.6 Å². The lowest BCUT2D eigenvalue weighted by atomic mass is 10.2.